The Hall–Kier alpha value is -2.67. The van der Waals surface area contributed by atoms with Crippen molar-refractivity contribution in [2.45, 2.75) is 19.8 Å². The number of benzene rings is 1. The fourth-order valence-corrected chi connectivity index (χ4v) is 1.99. The fourth-order valence-electron chi connectivity index (χ4n) is 1.82. The second-order valence-corrected chi connectivity index (χ2v) is 5.65. The SMILES string of the molecule is CC(C)c1ncc(Cl)c(C(=O)Nc2cccc(OCC(=O)O)c2)n1. The molecule has 0 bridgehead atoms. The number of halogens is 1. The molecule has 0 atom stereocenters. The number of carbonyl (C=O) groups excluding carboxylic acids is 1. The van der Waals surface area contributed by atoms with Crippen LogP contribution in [0.25, 0.3) is 0 Å². The third-order valence-corrected chi connectivity index (χ3v) is 3.23. The first-order valence-corrected chi connectivity index (χ1v) is 7.53. The summed E-state index contributed by atoms with van der Waals surface area (Å²) in [4.78, 5) is 31.2. The number of hydrogen-bond donors (Lipinski definition) is 2. The van der Waals surface area contributed by atoms with Crippen LogP contribution < -0.4 is 10.1 Å². The van der Waals surface area contributed by atoms with Crippen LogP contribution >= 0.6 is 11.6 Å². The van der Waals surface area contributed by atoms with E-state index in [2.05, 4.69) is 15.3 Å². The van der Waals surface area contributed by atoms with Crippen LogP contribution in [-0.2, 0) is 4.79 Å². The second kappa shape index (κ2) is 7.74. The van der Waals surface area contributed by atoms with Gasteiger partial charge < -0.3 is 15.2 Å². The summed E-state index contributed by atoms with van der Waals surface area (Å²) in [5, 5.41) is 11.4. The van der Waals surface area contributed by atoms with E-state index in [1.807, 2.05) is 13.8 Å². The number of carbonyl (C=O) groups is 2. The standard InChI is InChI=1S/C16H16ClN3O4/c1-9(2)15-18-7-12(17)14(20-15)16(23)19-10-4-3-5-11(6-10)24-8-13(21)22/h3-7,9H,8H2,1-2H3,(H,19,23)(H,21,22). The molecule has 2 rings (SSSR count). The molecule has 0 fully saturated rings. The minimum absolute atomic E-state index is 0.0570. The molecule has 0 aliphatic carbocycles. The van der Waals surface area contributed by atoms with Crippen molar-refractivity contribution in [1.82, 2.24) is 9.97 Å². The molecule has 2 N–H and O–H groups in total. The summed E-state index contributed by atoms with van der Waals surface area (Å²) in [6, 6.07) is 6.38. The van der Waals surface area contributed by atoms with Crippen LogP contribution in [0.3, 0.4) is 0 Å². The number of carboxylic acid groups (broad SMARTS) is 1. The van der Waals surface area contributed by atoms with Crippen LogP contribution in [0.4, 0.5) is 5.69 Å². The van der Waals surface area contributed by atoms with Crippen molar-refractivity contribution in [3.05, 3.63) is 47.0 Å². The van der Waals surface area contributed by atoms with E-state index in [1.165, 1.54) is 12.3 Å². The molecule has 0 radical (unpaired) electrons. The van der Waals surface area contributed by atoms with Gasteiger partial charge in [0.1, 0.15) is 11.6 Å². The number of ether oxygens (including phenoxy) is 1. The molecule has 0 aliphatic rings. The van der Waals surface area contributed by atoms with E-state index >= 15 is 0 Å². The fraction of sp³-hybridized carbons (Fsp3) is 0.250. The summed E-state index contributed by atoms with van der Waals surface area (Å²) in [5.74, 6) is -0.672. The Morgan fingerprint density at radius 1 is 1.38 bits per heavy atom. The zero-order valence-electron chi connectivity index (χ0n) is 13.1. The lowest BCUT2D eigenvalue weighted by atomic mass is 10.2. The van der Waals surface area contributed by atoms with Gasteiger partial charge in [0.05, 0.1) is 11.2 Å². The maximum Gasteiger partial charge on any atom is 0.341 e. The van der Waals surface area contributed by atoms with Gasteiger partial charge in [-0.2, -0.15) is 0 Å². The van der Waals surface area contributed by atoms with Crippen LogP contribution in [0.5, 0.6) is 5.75 Å². The number of aliphatic carboxylic acids is 1. The molecule has 0 aliphatic heterocycles. The van der Waals surface area contributed by atoms with Gasteiger partial charge in [-0.1, -0.05) is 31.5 Å². The maximum atomic E-state index is 12.4. The molecule has 0 saturated carbocycles. The summed E-state index contributed by atoms with van der Waals surface area (Å²) < 4.78 is 5.07. The van der Waals surface area contributed by atoms with Crippen LogP contribution in [0.1, 0.15) is 36.1 Å². The number of carboxylic acids is 1. The van der Waals surface area contributed by atoms with Crippen LogP contribution in [-0.4, -0.2) is 33.6 Å². The number of hydrogen-bond acceptors (Lipinski definition) is 5. The second-order valence-electron chi connectivity index (χ2n) is 5.24. The topological polar surface area (TPSA) is 101 Å². The molecule has 1 aromatic heterocycles. The summed E-state index contributed by atoms with van der Waals surface area (Å²) in [7, 11) is 0. The molecule has 2 aromatic rings. The van der Waals surface area contributed by atoms with Crippen molar-refractivity contribution >= 4 is 29.2 Å². The first-order valence-electron chi connectivity index (χ1n) is 7.15. The zero-order valence-corrected chi connectivity index (χ0v) is 13.9. The van der Waals surface area contributed by atoms with Gasteiger partial charge >= 0.3 is 5.97 Å². The molecule has 0 spiro atoms. The predicted molar refractivity (Wildman–Crippen MR) is 88.7 cm³/mol. The van der Waals surface area contributed by atoms with E-state index in [4.69, 9.17) is 21.4 Å². The van der Waals surface area contributed by atoms with Crippen LogP contribution in [0.15, 0.2) is 30.5 Å². The zero-order chi connectivity index (χ0) is 17.7. The number of aromatic nitrogens is 2. The molecule has 1 heterocycles. The van der Waals surface area contributed by atoms with E-state index in [0.29, 0.717) is 17.3 Å². The van der Waals surface area contributed by atoms with Gasteiger partial charge in [0, 0.05) is 17.7 Å². The summed E-state index contributed by atoms with van der Waals surface area (Å²) in [6.45, 7) is 3.36. The van der Waals surface area contributed by atoms with E-state index in [1.54, 1.807) is 18.2 Å². The van der Waals surface area contributed by atoms with Crippen molar-refractivity contribution < 1.29 is 19.4 Å². The molecule has 8 heteroatoms. The van der Waals surface area contributed by atoms with E-state index < -0.39 is 18.5 Å². The number of nitrogens with zero attached hydrogens (tertiary/aromatic N) is 2. The summed E-state index contributed by atoms with van der Waals surface area (Å²) >= 11 is 6.00. The Balaban J connectivity index is 2.16. The first-order chi connectivity index (χ1) is 11.4. The Bertz CT molecular complexity index is 765. The van der Waals surface area contributed by atoms with Crippen molar-refractivity contribution in [3.8, 4) is 5.75 Å². The third-order valence-electron chi connectivity index (χ3n) is 2.95. The average molecular weight is 350 g/mol. The van der Waals surface area contributed by atoms with Gasteiger partial charge in [-0.05, 0) is 12.1 Å². The minimum atomic E-state index is -1.08. The van der Waals surface area contributed by atoms with Crippen molar-refractivity contribution in [2.75, 3.05) is 11.9 Å². The van der Waals surface area contributed by atoms with Crippen LogP contribution in [0.2, 0.25) is 5.02 Å². The highest BCUT2D eigenvalue weighted by Crippen LogP contribution is 2.20. The molecule has 1 amide bonds. The number of nitrogens with one attached hydrogen (secondary N) is 1. The number of anilines is 1. The van der Waals surface area contributed by atoms with Gasteiger partial charge in [0.2, 0.25) is 0 Å². The van der Waals surface area contributed by atoms with Gasteiger partial charge in [-0.15, -0.1) is 0 Å². The molecule has 126 valence electrons. The van der Waals surface area contributed by atoms with Crippen molar-refractivity contribution in [1.29, 1.82) is 0 Å². The Morgan fingerprint density at radius 2 is 2.12 bits per heavy atom. The largest absolute Gasteiger partial charge is 0.482 e. The van der Waals surface area contributed by atoms with Gasteiger partial charge in [-0.25, -0.2) is 14.8 Å². The molecule has 0 unspecified atom stereocenters. The van der Waals surface area contributed by atoms with E-state index in [-0.39, 0.29) is 16.6 Å². The smallest absolute Gasteiger partial charge is 0.341 e. The Kier molecular flexibility index (Phi) is 5.70. The van der Waals surface area contributed by atoms with Crippen molar-refractivity contribution in [2.24, 2.45) is 0 Å². The lowest BCUT2D eigenvalue weighted by molar-refractivity contribution is -0.139. The molecule has 7 nitrogen and oxygen atoms in total. The molecular formula is C16H16ClN3O4. The van der Waals surface area contributed by atoms with Crippen LogP contribution in [0, 0.1) is 0 Å². The lowest BCUT2D eigenvalue weighted by Crippen LogP contribution is -2.16. The molecular weight excluding hydrogens is 334 g/mol. The summed E-state index contributed by atoms with van der Waals surface area (Å²) in [6.07, 6.45) is 1.39. The Morgan fingerprint density at radius 3 is 2.79 bits per heavy atom. The highest BCUT2D eigenvalue weighted by molar-refractivity contribution is 6.33. The maximum absolute atomic E-state index is 12.4. The van der Waals surface area contributed by atoms with E-state index in [9.17, 15) is 9.59 Å². The lowest BCUT2D eigenvalue weighted by Gasteiger charge is -2.10. The normalized spacial score (nSPS) is 10.5. The molecule has 24 heavy (non-hydrogen) atoms. The third kappa shape index (κ3) is 4.66. The van der Waals surface area contributed by atoms with Gasteiger partial charge in [0.25, 0.3) is 5.91 Å². The quantitative estimate of drug-likeness (QED) is 0.831. The highest BCUT2D eigenvalue weighted by atomic mass is 35.5. The number of amides is 1. The minimum Gasteiger partial charge on any atom is -0.482 e. The van der Waals surface area contributed by atoms with Gasteiger partial charge in [0.15, 0.2) is 12.3 Å². The Labute approximate surface area is 143 Å². The molecule has 0 saturated heterocycles. The summed E-state index contributed by atoms with van der Waals surface area (Å²) in [5.41, 5.74) is 0.510. The van der Waals surface area contributed by atoms with Gasteiger partial charge in [-0.3, -0.25) is 4.79 Å². The number of rotatable bonds is 6. The van der Waals surface area contributed by atoms with E-state index in [0.717, 1.165) is 0 Å². The predicted octanol–water partition coefficient (Wildman–Crippen LogP) is 2.97. The monoisotopic (exact) mass is 349 g/mol. The van der Waals surface area contributed by atoms with Crippen molar-refractivity contribution in [3.63, 3.8) is 0 Å². The highest BCUT2D eigenvalue weighted by Gasteiger charge is 2.16. The first kappa shape index (κ1) is 17.7. The average Bonchev–Trinajstić information content (AvgIpc) is 2.53. The molecule has 1 aromatic carbocycles.